The number of rotatable bonds is 2. The minimum atomic E-state index is -0.206. The molecule has 0 amide bonds. The van der Waals surface area contributed by atoms with E-state index in [1.165, 1.54) is 12.1 Å². The SMILES string of the molecule is Cc1cc(C)c(C(=O)c2cc(Cl)c(O)c(Cl)c2)c(C)c1. The maximum absolute atomic E-state index is 12.6. The van der Waals surface area contributed by atoms with Gasteiger partial charge in [0, 0.05) is 11.1 Å². The van der Waals surface area contributed by atoms with E-state index in [4.69, 9.17) is 23.2 Å². The lowest BCUT2D eigenvalue weighted by Gasteiger charge is -2.11. The predicted molar refractivity (Wildman–Crippen MR) is 82.2 cm³/mol. The second-order valence-corrected chi connectivity index (χ2v) is 5.71. The second-order valence-electron chi connectivity index (χ2n) is 4.89. The highest BCUT2D eigenvalue weighted by molar-refractivity contribution is 6.37. The average Bonchev–Trinajstić information content (AvgIpc) is 2.33. The highest BCUT2D eigenvalue weighted by Gasteiger charge is 2.17. The van der Waals surface area contributed by atoms with Gasteiger partial charge < -0.3 is 5.11 Å². The molecular formula is C16H14Cl2O2. The maximum Gasteiger partial charge on any atom is 0.193 e. The highest BCUT2D eigenvalue weighted by Crippen LogP contribution is 2.34. The fourth-order valence-corrected chi connectivity index (χ4v) is 2.87. The molecule has 20 heavy (non-hydrogen) atoms. The number of aromatic hydroxyl groups is 1. The molecule has 0 aromatic heterocycles. The van der Waals surface area contributed by atoms with Gasteiger partial charge in [0.15, 0.2) is 11.5 Å². The highest BCUT2D eigenvalue weighted by atomic mass is 35.5. The smallest absolute Gasteiger partial charge is 0.193 e. The van der Waals surface area contributed by atoms with Crippen LogP contribution in [-0.2, 0) is 0 Å². The lowest BCUT2D eigenvalue weighted by atomic mass is 9.93. The molecule has 0 radical (unpaired) electrons. The first kappa shape index (κ1) is 14.9. The first-order valence-electron chi connectivity index (χ1n) is 6.12. The van der Waals surface area contributed by atoms with E-state index in [0.717, 1.165) is 16.7 Å². The summed E-state index contributed by atoms with van der Waals surface area (Å²) in [6.07, 6.45) is 0. The van der Waals surface area contributed by atoms with Gasteiger partial charge in [-0.15, -0.1) is 0 Å². The van der Waals surface area contributed by atoms with Crippen LogP contribution in [0.25, 0.3) is 0 Å². The third kappa shape index (κ3) is 2.67. The van der Waals surface area contributed by atoms with Gasteiger partial charge in [-0.2, -0.15) is 0 Å². The number of ketones is 1. The Bertz CT molecular complexity index is 660. The molecule has 2 nitrogen and oxygen atoms in total. The Balaban J connectivity index is 2.58. The number of hydrogen-bond acceptors (Lipinski definition) is 2. The van der Waals surface area contributed by atoms with Gasteiger partial charge in [-0.05, 0) is 44.0 Å². The van der Waals surface area contributed by atoms with Crippen LogP contribution < -0.4 is 0 Å². The normalized spacial score (nSPS) is 10.7. The summed E-state index contributed by atoms with van der Waals surface area (Å²) in [5.74, 6) is -0.356. The van der Waals surface area contributed by atoms with Crippen LogP contribution in [0.1, 0.15) is 32.6 Å². The van der Waals surface area contributed by atoms with Gasteiger partial charge in [-0.3, -0.25) is 4.79 Å². The number of carbonyl (C=O) groups is 1. The maximum atomic E-state index is 12.6. The van der Waals surface area contributed by atoms with Gasteiger partial charge in [-0.1, -0.05) is 40.9 Å². The summed E-state index contributed by atoms with van der Waals surface area (Å²) < 4.78 is 0. The van der Waals surface area contributed by atoms with Crippen molar-refractivity contribution in [1.82, 2.24) is 0 Å². The van der Waals surface area contributed by atoms with Crippen molar-refractivity contribution in [1.29, 1.82) is 0 Å². The number of benzene rings is 2. The zero-order valence-corrected chi connectivity index (χ0v) is 12.9. The molecular weight excluding hydrogens is 295 g/mol. The van der Waals surface area contributed by atoms with Crippen molar-refractivity contribution in [3.05, 3.63) is 62.1 Å². The van der Waals surface area contributed by atoms with Crippen molar-refractivity contribution in [3.8, 4) is 5.75 Å². The molecule has 0 fully saturated rings. The van der Waals surface area contributed by atoms with E-state index in [2.05, 4.69) is 0 Å². The predicted octanol–water partition coefficient (Wildman–Crippen LogP) is 4.86. The number of carbonyl (C=O) groups excluding carboxylic acids is 1. The molecule has 2 rings (SSSR count). The molecule has 1 N–H and O–H groups in total. The molecule has 104 valence electrons. The van der Waals surface area contributed by atoms with E-state index in [-0.39, 0.29) is 21.6 Å². The Kier molecular flexibility index (Phi) is 4.07. The van der Waals surface area contributed by atoms with Crippen LogP contribution >= 0.6 is 23.2 Å². The van der Waals surface area contributed by atoms with Gasteiger partial charge in [0.1, 0.15) is 0 Å². The Morgan fingerprint density at radius 2 is 1.40 bits per heavy atom. The first-order valence-corrected chi connectivity index (χ1v) is 6.87. The van der Waals surface area contributed by atoms with Crippen molar-refractivity contribution in [3.63, 3.8) is 0 Å². The van der Waals surface area contributed by atoms with Crippen LogP contribution in [0.2, 0.25) is 10.0 Å². The van der Waals surface area contributed by atoms with Crippen molar-refractivity contribution < 1.29 is 9.90 Å². The molecule has 0 aliphatic heterocycles. The van der Waals surface area contributed by atoms with E-state index in [1.807, 2.05) is 32.9 Å². The number of halogens is 2. The van der Waals surface area contributed by atoms with Crippen molar-refractivity contribution >= 4 is 29.0 Å². The van der Waals surface area contributed by atoms with Crippen LogP contribution in [0.15, 0.2) is 24.3 Å². The fraction of sp³-hybridized carbons (Fsp3) is 0.188. The quantitative estimate of drug-likeness (QED) is 0.805. The van der Waals surface area contributed by atoms with Gasteiger partial charge in [0.25, 0.3) is 0 Å². The molecule has 0 heterocycles. The summed E-state index contributed by atoms with van der Waals surface area (Å²) in [6.45, 7) is 5.79. The largest absolute Gasteiger partial charge is 0.505 e. The first-order chi connectivity index (χ1) is 9.31. The number of phenols is 1. The summed E-state index contributed by atoms with van der Waals surface area (Å²) >= 11 is 11.7. The lowest BCUT2D eigenvalue weighted by molar-refractivity contribution is 0.103. The fourth-order valence-electron chi connectivity index (χ4n) is 2.38. The summed E-state index contributed by atoms with van der Waals surface area (Å²) in [6, 6.07) is 6.79. The minimum absolute atomic E-state index is 0.0725. The van der Waals surface area contributed by atoms with Crippen LogP contribution in [-0.4, -0.2) is 10.9 Å². The van der Waals surface area contributed by atoms with Crippen LogP contribution in [0.5, 0.6) is 5.75 Å². The molecule has 2 aromatic rings. The Labute approximate surface area is 128 Å². The number of aryl methyl sites for hydroxylation is 3. The molecule has 0 bridgehead atoms. The molecule has 0 atom stereocenters. The monoisotopic (exact) mass is 308 g/mol. The van der Waals surface area contributed by atoms with Crippen molar-refractivity contribution in [2.45, 2.75) is 20.8 Å². The van der Waals surface area contributed by atoms with Crippen molar-refractivity contribution in [2.24, 2.45) is 0 Å². The van der Waals surface area contributed by atoms with Gasteiger partial charge in [0.2, 0.25) is 0 Å². The molecule has 0 aliphatic carbocycles. The van der Waals surface area contributed by atoms with Crippen molar-refractivity contribution in [2.75, 3.05) is 0 Å². The Morgan fingerprint density at radius 3 is 1.85 bits per heavy atom. The zero-order valence-electron chi connectivity index (χ0n) is 11.4. The molecule has 4 heteroatoms. The third-order valence-corrected chi connectivity index (χ3v) is 3.76. The molecule has 0 saturated carbocycles. The van der Waals surface area contributed by atoms with E-state index in [1.54, 1.807) is 0 Å². The van der Waals surface area contributed by atoms with Crippen LogP contribution in [0.4, 0.5) is 0 Å². The third-order valence-electron chi connectivity index (χ3n) is 3.18. The van der Waals surface area contributed by atoms with Crippen LogP contribution in [0.3, 0.4) is 0 Å². The van der Waals surface area contributed by atoms with Gasteiger partial charge >= 0.3 is 0 Å². The van der Waals surface area contributed by atoms with E-state index in [9.17, 15) is 9.90 Å². The van der Waals surface area contributed by atoms with Gasteiger partial charge in [0.05, 0.1) is 10.0 Å². The minimum Gasteiger partial charge on any atom is -0.505 e. The zero-order chi connectivity index (χ0) is 15.0. The average molecular weight is 309 g/mol. The van der Waals surface area contributed by atoms with E-state index in [0.29, 0.717) is 11.1 Å². The lowest BCUT2D eigenvalue weighted by Crippen LogP contribution is -2.07. The summed E-state index contributed by atoms with van der Waals surface area (Å²) in [4.78, 5) is 12.6. The van der Waals surface area contributed by atoms with Gasteiger partial charge in [-0.25, -0.2) is 0 Å². The second kappa shape index (κ2) is 5.47. The number of phenolic OH excluding ortho intramolecular Hbond substituents is 1. The summed E-state index contributed by atoms with van der Waals surface area (Å²) in [5.41, 5.74) is 3.94. The molecule has 0 aliphatic rings. The molecule has 0 saturated heterocycles. The molecule has 2 aromatic carbocycles. The molecule has 0 spiro atoms. The summed E-state index contributed by atoms with van der Waals surface area (Å²) in [7, 11) is 0. The van der Waals surface area contributed by atoms with Crippen LogP contribution in [0, 0.1) is 20.8 Å². The molecule has 0 unspecified atom stereocenters. The van der Waals surface area contributed by atoms with E-state index >= 15 is 0 Å². The summed E-state index contributed by atoms with van der Waals surface area (Å²) in [5, 5.41) is 9.70. The van der Waals surface area contributed by atoms with E-state index < -0.39 is 0 Å². The topological polar surface area (TPSA) is 37.3 Å². The Hall–Kier alpha value is -1.51. The standard InChI is InChI=1S/C16H14Cl2O2/c1-8-4-9(2)14(10(3)5-8)15(19)11-6-12(17)16(20)13(18)7-11/h4-7,20H,1-3H3. The number of hydrogen-bond donors (Lipinski definition) is 1. The Morgan fingerprint density at radius 1 is 0.950 bits per heavy atom.